The van der Waals surface area contributed by atoms with Crippen LogP contribution in [0.25, 0.3) is 0 Å². The van der Waals surface area contributed by atoms with E-state index in [1.807, 2.05) is 0 Å². The lowest BCUT2D eigenvalue weighted by molar-refractivity contribution is -0.515. The van der Waals surface area contributed by atoms with Crippen LogP contribution in [0, 0.1) is 0 Å². The molecule has 0 aromatic carbocycles. The molecule has 120 valence electrons. The molecule has 1 saturated carbocycles. The average Bonchev–Trinajstić information content (AvgIpc) is 2.66. The molecular weight excluding hydrogens is 342 g/mol. The van der Waals surface area contributed by atoms with Gasteiger partial charge < -0.3 is 35.7 Å². The van der Waals surface area contributed by atoms with Gasteiger partial charge in [0.1, 0.15) is 0 Å². The molecule has 6 atom stereocenters. The van der Waals surface area contributed by atoms with E-state index >= 15 is 0 Å². The molecule has 1 aliphatic carbocycles. The average molecular weight is 350 g/mol. The maximum absolute atomic E-state index is 11.8. The first-order valence-corrected chi connectivity index (χ1v) is 7.75. The smallest absolute Gasteiger partial charge is 0.382 e. The van der Waals surface area contributed by atoms with Gasteiger partial charge in [0.2, 0.25) is 5.79 Å². The first-order valence-electron chi connectivity index (χ1n) is 5.11. The fraction of sp³-hybridized carbons (Fsp3) is 1.00. The molecule has 2 heterocycles. The van der Waals surface area contributed by atoms with Gasteiger partial charge in [-0.15, -0.1) is 0 Å². The van der Waals surface area contributed by atoms with Gasteiger partial charge in [-0.2, -0.15) is 0 Å². The molecule has 7 N–H and O–H groups in total. The second kappa shape index (κ2) is 3.46. The van der Waals surface area contributed by atoms with Crippen molar-refractivity contribution in [2.45, 2.75) is 34.6 Å². The van der Waals surface area contributed by atoms with Crippen LogP contribution in [0.3, 0.4) is 0 Å². The van der Waals surface area contributed by atoms with Gasteiger partial charge in [-0.3, -0.25) is 0 Å². The van der Waals surface area contributed by atoms with Crippen LogP contribution in [0.2, 0.25) is 0 Å². The van der Waals surface area contributed by atoms with Crippen molar-refractivity contribution in [3.63, 3.8) is 0 Å². The fourth-order valence-electron chi connectivity index (χ4n) is 2.55. The number of phosphoric ester groups is 1. The summed E-state index contributed by atoms with van der Waals surface area (Å²) < 4.78 is 46.7. The molecular formula is C6H8O13P2. The van der Waals surface area contributed by atoms with Gasteiger partial charge >= 0.3 is 15.5 Å². The third-order valence-corrected chi connectivity index (χ3v) is 6.32. The van der Waals surface area contributed by atoms with Crippen molar-refractivity contribution < 1.29 is 63.0 Å². The van der Waals surface area contributed by atoms with Gasteiger partial charge in [-0.1, -0.05) is 0 Å². The predicted molar refractivity (Wildman–Crippen MR) is 52.1 cm³/mol. The minimum atomic E-state index is -5.02. The Bertz CT molecular complexity index is 649. The predicted octanol–water partition coefficient (Wildman–Crippen LogP) is -3.85. The zero-order valence-corrected chi connectivity index (χ0v) is 11.3. The van der Waals surface area contributed by atoms with Gasteiger partial charge in [0.25, 0.3) is 22.7 Å². The molecule has 3 aliphatic rings. The maximum Gasteiger partial charge on any atom is 0.483 e. The number of hydrogen-bond acceptors (Lipinski definition) is 13. The normalized spacial score (nSPS) is 61.0. The monoisotopic (exact) mass is 350 g/mol. The lowest BCUT2D eigenvalue weighted by Gasteiger charge is -2.57. The van der Waals surface area contributed by atoms with Crippen molar-refractivity contribution in [1.82, 2.24) is 0 Å². The number of hydrogen-bond donors (Lipinski definition) is 7. The van der Waals surface area contributed by atoms with Crippen LogP contribution < -0.4 is 0 Å². The quantitative estimate of drug-likeness (QED) is 0.178. The van der Waals surface area contributed by atoms with Gasteiger partial charge in [-0.05, 0) is 0 Å². The number of rotatable bonds is 1. The molecule has 0 spiro atoms. The highest BCUT2D eigenvalue weighted by Crippen LogP contribution is 2.80. The molecule has 3 fully saturated rings. The van der Waals surface area contributed by atoms with Crippen molar-refractivity contribution >= 4 is 15.5 Å². The topological polar surface area (TPSA) is 221 Å². The van der Waals surface area contributed by atoms with Crippen molar-refractivity contribution in [2.24, 2.45) is 0 Å². The molecule has 1 unspecified atom stereocenters. The molecule has 0 amide bonds. The van der Waals surface area contributed by atoms with Crippen molar-refractivity contribution in [3.05, 3.63) is 0 Å². The molecule has 0 radical (unpaired) electrons. The summed E-state index contributed by atoms with van der Waals surface area (Å²) in [6.45, 7) is 0. The summed E-state index contributed by atoms with van der Waals surface area (Å²) in [4.78, 5) is 0. The lowest BCUT2D eigenvalue weighted by Crippen LogP contribution is -2.89. The Morgan fingerprint density at radius 3 is 1.81 bits per heavy atom. The highest BCUT2D eigenvalue weighted by Gasteiger charge is 2.99. The van der Waals surface area contributed by atoms with Crippen LogP contribution in [0.4, 0.5) is 0 Å². The minimum absolute atomic E-state index is 3.19. The molecule has 15 heteroatoms. The van der Waals surface area contributed by atoms with E-state index < -0.39 is 50.1 Å². The molecule has 2 aliphatic heterocycles. The SMILES string of the molecule is O=P(=O)[C@]1(O)C(O)(O)[C@H](O)[C@]2(O)OP3(=O)O[C@@]2(O)[C@@]1(O)O3. The van der Waals surface area contributed by atoms with E-state index in [0.29, 0.717) is 0 Å². The van der Waals surface area contributed by atoms with E-state index in [1.165, 1.54) is 0 Å². The molecule has 0 aromatic rings. The van der Waals surface area contributed by atoms with Crippen LogP contribution in [0.15, 0.2) is 0 Å². The Kier molecular flexibility index (Phi) is 2.57. The first-order chi connectivity index (χ1) is 9.22. The van der Waals surface area contributed by atoms with Crippen LogP contribution in [0.5, 0.6) is 0 Å². The second-order valence-electron chi connectivity index (χ2n) is 4.76. The van der Waals surface area contributed by atoms with E-state index in [1.54, 1.807) is 0 Å². The Labute approximate surface area is 114 Å². The van der Waals surface area contributed by atoms with E-state index in [4.69, 9.17) is 0 Å². The largest absolute Gasteiger partial charge is 0.483 e. The van der Waals surface area contributed by atoms with Crippen LogP contribution >= 0.6 is 15.5 Å². The minimum Gasteiger partial charge on any atom is -0.382 e. The maximum atomic E-state index is 11.8. The van der Waals surface area contributed by atoms with Crippen molar-refractivity contribution in [1.29, 1.82) is 0 Å². The Morgan fingerprint density at radius 2 is 1.38 bits per heavy atom. The van der Waals surface area contributed by atoms with Gasteiger partial charge in [0.15, 0.2) is 6.10 Å². The van der Waals surface area contributed by atoms with Crippen LogP contribution in [0.1, 0.15) is 0 Å². The van der Waals surface area contributed by atoms with Crippen molar-refractivity contribution in [3.8, 4) is 0 Å². The summed E-state index contributed by atoms with van der Waals surface area (Å²) in [5.74, 6) is -15.7. The van der Waals surface area contributed by atoms with E-state index in [0.717, 1.165) is 0 Å². The summed E-state index contributed by atoms with van der Waals surface area (Å²) in [5, 5.41) is 64.7. The second-order valence-corrected chi connectivity index (χ2v) is 7.37. The zero-order valence-electron chi connectivity index (χ0n) is 9.55. The molecule has 2 bridgehead atoms. The number of phosphoric acid groups is 1. The standard InChI is InChI=1S/C6H8O13P2/c7-1-2(8,9)6(13,20(14)15)5(12)4(11)3(1,10)17-21(16,18-4)19-5/h1,7-13H/t1-,3-,4+,5+,6+,21?/m0/s1. The van der Waals surface area contributed by atoms with E-state index in [9.17, 15) is 49.4 Å². The Hall–Kier alpha value is -0.270. The zero-order chi connectivity index (χ0) is 16.3. The Balaban J connectivity index is 2.41. The van der Waals surface area contributed by atoms with Crippen molar-refractivity contribution in [2.75, 3.05) is 0 Å². The summed E-state index contributed by atoms with van der Waals surface area (Å²) in [5.41, 5.74) is 0. The highest BCUT2D eigenvalue weighted by molar-refractivity contribution is 7.49. The first kappa shape index (κ1) is 15.6. The van der Waals surface area contributed by atoms with Crippen LogP contribution in [-0.2, 0) is 27.3 Å². The van der Waals surface area contributed by atoms with E-state index in [-0.39, 0.29) is 0 Å². The highest BCUT2D eigenvalue weighted by atomic mass is 31.2. The molecule has 13 nitrogen and oxygen atoms in total. The molecule has 3 rings (SSSR count). The molecule has 2 saturated heterocycles. The fourth-order valence-corrected chi connectivity index (χ4v) is 5.29. The molecule has 0 aromatic heterocycles. The van der Waals surface area contributed by atoms with Gasteiger partial charge in [0.05, 0.1) is 0 Å². The summed E-state index contributed by atoms with van der Waals surface area (Å²) >= 11 is 0. The van der Waals surface area contributed by atoms with Gasteiger partial charge in [0, 0.05) is 0 Å². The number of fused-ring (bicyclic) bond motifs is 1. The Morgan fingerprint density at radius 1 is 0.905 bits per heavy atom. The molecule has 21 heavy (non-hydrogen) atoms. The summed E-state index contributed by atoms with van der Waals surface area (Å²) in [7, 11) is -9.50. The number of aliphatic hydroxyl groups is 7. The third kappa shape index (κ3) is 1.21. The third-order valence-electron chi connectivity index (χ3n) is 3.69. The van der Waals surface area contributed by atoms with Gasteiger partial charge in [-0.25, -0.2) is 27.3 Å². The summed E-state index contributed by atoms with van der Waals surface area (Å²) in [6, 6.07) is 0. The van der Waals surface area contributed by atoms with Crippen LogP contribution in [-0.4, -0.2) is 70.3 Å². The summed E-state index contributed by atoms with van der Waals surface area (Å²) in [6.07, 6.45) is -3.19. The number of aliphatic hydroxyl groups excluding tert-OH is 1. The lowest BCUT2D eigenvalue weighted by atomic mass is 9.74. The van der Waals surface area contributed by atoms with E-state index in [2.05, 4.69) is 13.6 Å².